The van der Waals surface area contributed by atoms with E-state index in [1.807, 2.05) is 36.4 Å². The molecule has 0 amide bonds. The van der Waals surface area contributed by atoms with Gasteiger partial charge in [0.1, 0.15) is 16.2 Å². The Morgan fingerprint density at radius 2 is 1.75 bits per heavy atom. The van der Waals surface area contributed by atoms with Crippen LogP contribution in [0.2, 0.25) is 0 Å². The Morgan fingerprint density at radius 3 is 2.50 bits per heavy atom. The molecule has 0 saturated carbocycles. The maximum Gasteiger partial charge on any atom is 0.211 e. The average Bonchev–Trinajstić information content (AvgIpc) is 3.21. The topological polar surface area (TPSA) is 104 Å². The summed E-state index contributed by atoms with van der Waals surface area (Å²) in [5.74, 6) is 0.682. The molecule has 164 valence electrons. The largest absolute Gasteiger partial charge is 0.369 e. The molecule has 32 heavy (non-hydrogen) atoms. The number of aromatic nitrogens is 4. The van der Waals surface area contributed by atoms with Crippen LogP contribution in [-0.2, 0) is 10.0 Å². The van der Waals surface area contributed by atoms with Crippen LogP contribution in [0.15, 0.2) is 55.0 Å². The quantitative estimate of drug-likeness (QED) is 0.478. The molecule has 9 nitrogen and oxygen atoms in total. The van der Waals surface area contributed by atoms with Gasteiger partial charge in [-0.25, -0.2) is 23.4 Å². The molecule has 1 fully saturated rings. The number of thiazole rings is 1. The molecule has 0 atom stereocenters. The Kier molecular flexibility index (Phi) is 5.45. The Labute approximate surface area is 189 Å². The summed E-state index contributed by atoms with van der Waals surface area (Å²) in [6.45, 7) is 2.24. The number of nitrogens with one attached hydrogen (secondary N) is 1. The van der Waals surface area contributed by atoms with Gasteiger partial charge in [-0.15, -0.1) is 0 Å². The highest BCUT2D eigenvalue weighted by Gasteiger charge is 2.23. The van der Waals surface area contributed by atoms with Crippen molar-refractivity contribution in [2.45, 2.75) is 0 Å². The summed E-state index contributed by atoms with van der Waals surface area (Å²) in [6.07, 6.45) is 6.50. The van der Waals surface area contributed by atoms with Gasteiger partial charge in [0.15, 0.2) is 5.13 Å². The standard InChI is InChI=1S/C21H21N7O2S2/c1-32(29,30)28-12-10-27(11-13-28)16-6-9-23-19(14-16)26-21-25-18-3-2-17(24-20(18)31-21)15-4-7-22-8-5-15/h2-9,14H,10-13H2,1H3,(H,23,25,26). The number of fused-ring (bicyclic) bond motifs is 1. The number of piperazine rings is 1. The third-order valence-electron chi connectivity index (χ3n) is 5.28. The predicted molar refractivity (Wildman–Crippen MR) is 127 cm³/mol. The van der Waals surface area contributed by atoms with E-state index in [4.69, 9.17) is 4.98 Å². The fourth-order valence-corrected chi connectivity index (χ4v) is 5.30. The van der Waals surface area contributed by atoms with Crippen LogP contribution in [0.3, 0.4) is 0 Å². The summed E-state index contributed by atoms with van der Waals surface area (Å²) in [4.78, 5) is 20.8. The molecule has 5 heterocycles. The number of hydrogen-bond donors (Lipinski definition) is 1. The highest BCUT2D eigenvalue weighted by molar-refractivity contribution is 7.88. The highest BCUT2D eigenvalue weighted by atomic mass is 32.2. The zero-order valence-corrected chi connectivity index (χ0v) is 19.0. The molecule has 4 aromatic rings. The third kappa shape index (κ3) is 4.40. The first kappa shape index (κ1) is 20.7. The Morgan fingerprint density at radius 1 is 0.969 bits per heavy atom. The van der Waals surface area contributed by atoms with E-state index in [2.05, 4.69) is 25.2 Å². The minimum atomic E-state index is -3.15. The van der Waals surface area contributed by atoms with Crippen molar-refractivity contribution < 1.29 is 8.42 Å². The molecule has 0 radical (unpaired) electrons. The summed E-state index contributed by atoms with van der Waals surface area (Å²) in [5, 5.41) is 3.99. The minimum absolute atomic E-state index is 0.479. The number of hydrogen-bond acceptors (Lipinski definition) is 9. The molecule has 1 aliphatic heterocycles. The first-order chi connectivity index (χ1) is 15.5. The molecule has 1 aliphatic rings. The van der Waals surface area contributed by atoms with E-state index < -0.39 is 10.0 Å². The van der Waals surface area contributed by atoms with Gasteiger partial charge in [-0.05, 0) is 30.3 Å². The van der Waals surface area contributed by atoms with E-state index >= 15 is 0 Å². The molecule has 11 heteroatoms. The lowest BCUT2D eigenvalue weighted by atomic mass is 10.2. The fraction of sp³-hybridized carbons (Fsp3) is 0.238. The van der Waals surface area contributed by atoms with Gasteiger partial charge >= 0.3 is 0 Å². The monoisotopic (exact) mass is 467 g/mol. The minimum Gasteiger partial charge on any atom is -0.369 e. The first-order valence-corrected chi connectivity index (χ1v) is 12.7. The number of nitrogens with zero attached hydrogens (tertiary/aromatic N) is 6. The van der Waals surface area contributed by atoms with Gasteiger partial charge in [-0.1, -0.05) is 11.3 Å². The van der Waals surface area contributed by atoms with Crippen molar-refractivity contribution in [3.05, 3.63) is 55.0 Å². The van der Waals surface area contributed by atoms with E-state index in [0.717, 1.165) is 27.3 Å². The van der Waals surface area contributed by atoms with E-state index in [1.54, 1.807) is 18.6 Å². The van der Waals surface area contributed by atoms with Crippen LogP contribution in [0.4, 0.5) is 16.6 Å². The van der Waals surface area contributed by atoms with Gasteiger partial charge in [0.25, 0.3) is 0 Å². The van der Waals surface area contributed by atoms with Gasteiger partial charge in [0.2, 0.25) is 10.0 Å². The van der Waals surface area contributed by atoms with Gasteiger partial charge in [0, 0.05) is 62.1 Å². The SMILES string of the molecule is CS(=O)(=O)N1CCN(c2ccnc(Nc3nc4ccc(-c5ccncc5)nc4s3)c2)CC1. The summed E-state index contributed by atoms with van der Waals surface area (Å²) in [7, 11) is -3.15. The molecule has 0 aromatic carbocycles. The Bertz CT molecular complexity index is 1350. The summed E-state index contributed by atoms with van der Waals surface area (Å²) in [5.41, 5.74) is 3.71. The van der Waals surface area contributed by atoms with Crippen LogP contribution in [-0.4, -0.2) is 65.1 Å². The first-order valence-electron chi connectivity index (χ1n) is 10.1. The number of sulfonamides is 1. The van der Waals surface area contributed by atoms with Crippen molar-refractivity contribution in [2.75, 3.05) is 42.7 Å². The molecule has 4 aromatic heterocycles. The molecule has 0 bridgehead atoms. The maximum atomic E-state index is 11.7. The summed E-state index contributed by atoms with van der Waals surface area (Å²) in [6, 6.07) is 11.7. The van der Waals surface area contributed by atoms with Crippen LogP contribution in [0, 0.1) is 0 Å². The number of pyridine rings is 3. The third-order valence-corrected chi connectivity index (χ3v) is 7.47. The van der Waals surface area contributed by atoms with E-state index in [0.29, 0.717) is 37.1 Å². The molecule has 0 aliphatic carbocycles. The molecule has 0 unspecified atom stereocenters. The molecular formula is C21H21N7O2S2. The smallest absolute Gasteiger partial charge is 0.211 e. The second kappa shape index (κ2) is 8.41. The molecule has 0 spiro atoms. The van der Waals surface area contributed by atoms with Crippen LogP contribution < -0.4 is 10.2 Å². The lowest BCUT2D eigenvalue weighted by Gasteiger charge is -2.34. The summed E-state index contributed by atoms with van der Waals surface area (Å²) < 4.78 is 25.0. The molecule has 1 N–H and O–H groups in total. The van der Waals surface area contributed by atoms with Crippen LogP contribution in [0.1, 0.15) is 0 Å². The van der Waals surface area contributed by atoms with Gasteiger partial charge in [-0.2, -0.15) is 4.31 Å². The van der Waals surface area contributed by atoms with Crippen molar-refractivity contribution in [1.82, 2.24) is 24.2 Å². The normalized spacial score (nSPS) is 15.2. The van der Waals surface area contributed by atoms with E-state index in [1.165, 1.54) is 21.9 Å². The highest BCUT2D eigenvalue weighted by Crippen LogP contribution is 2.30. The van der Waals surface area contributed by atoms with Gasteiger partial charge in [-0.3, -0.25) is 4.98 Å². The molecular weight excluding hydrogens is 446 g/mol. The zero-order chi connectivity index (χ0) is 22.1. The van der Waals surface area contributed by atoms with Crippen LogP contribution >= 0.6 is 11.3 Å². The number of anilines is 3. The Balaban J connectivity index is 1.32. The second-order valence-electron chi connectivity index (χ2n) is 7.45. The van der Waals surface area contributed by atoms with Crippen LogP contribution in [0.25, 0.3) is 21.6 Å². The Hall–Kier alpha value is -3.15. The lowest BCUT2D eigenvalue weighted by Crippen LogP contribution is -2.48. The summed E-state index contributed by atoms with van der Waals surface area (Å²) >= 11 is 1.47. The lowest BCUT2D eigenvalue weighted by molar-refractivity contribution is 0.388. The maximum absolute atomic E-state index is 11.7. The molecule has 1 saturated heterocycles. The number of rotatable bonds is 5. The van der Waals surface area contributed by atoms with E-state index in [9.17, 15) is 8.42 Å². The predicted octanol–water partition coefficient (Wildman–Crippen LogP) is 2.97. The molecule has 5 rings (SSSR count). The zero-order valence-electron chi connectivity index (χ0n) is 17.3. The van der Waals surface area contributed by atoms with E-state index in [-0.39, 0.29) is 0 Å². The van der Waals surface area contributed by atoms with Crippen molar-refractivity contribution in [3.63, 3.8) is 0 Å². The van der Waals surface area contributed by atoms with Gasteiger partial charge < -0.3 is 10.2 Å². The average molecular weight is 468 g/mol. The van der Waals surface area contributed by atoms with Crippen molar-refractivity contribution >= 4 is 48.3 Å². The van der Waals surface area contributed by atoms with Crippen molar-refractivity contribution in [1.29, 1.82) is 0 Å². The van der Waals surface area contributed by atoms with Crippen molar-refractivity contribution in [2.24, 2.45) is 0 Å². The van der Waals surface area contributed by atoms with Gasteiger partial charge in [0.05, 0.1) is 11.9 Å². The van der Waals surface area contributed by atoms with Crippen LogP contribution in [0.5, 0.6) is 0 Å². The second-order valence-corrected chi connectivity index (χ2v) is 10.4. The fourth-order valence-electron chi connectivity index (χ4n) is 3.63. The van der Waals surface area contributed by atoms with Crippen molar-refractivity contribution in [3.8, 4) is 11.3 Å².